The number of hydrogen-bond acceptors (Lipinski definition) is 5. The summed E-state index contributed by atoms with van der Waals surface area (Å²) in [5, 5.41) is 8.17. The van der Waals surface area contributed by atoms with Crippen molar-refractivity contribution in [3.8, 4) is 0 Å². The number of hydrogen-bond donors (Lipinski definition) is 1. The first-order valence-corrected chi connectivity index (χ1v) is 8.17. The molecule has 0 spiro atoms. The van der Waals surface area contributed by atoms with Crippen molar-refractivity contribution in [2.75, 3.05) is 5.32 Å². The first kappa shape index (κ1) is 16.8. The molecule has 2 aromatic rings. The van der Waals surface area contributed by atoms with Crippen LogP contribution >= 0.6 is 23.2 Å². The highest BCUT2D eigenvalue weighted by molar-refractivity contribution is 6.42. The highest BCUT2D eigenvalue weighted by atomic mass is 35.5. The smallest absolute Gasteiger partial charge is 0.338 e. The molecule has 1 aromatic heterocycles. The van der Waals surface area contributed by atoms with Crippen molar-refractivity contribution in [3.63, 3.8) is 0 Å². The van der Waals surface area contributed by atoms with E-state index in [0.29, 0.717) is 27.3 Å². The quantitative estimate of drug-likeness (QED) is 0.836. The van der Waals surface area contributed by atoms with Gasteiger partial charge >= 0.3 is 5.97 Å². The zero-order chi connectivity index (χ0) is 17.4. The van der Waals surface area contributed by atoms with Crippen LogP contribution in [0.4, 0.5) is 5.95 Å². The second-order valence-corrected chi connectivity index (χ2v) is 6.54. The molecular formula is C16H16Cl2N4O2. The number of nitrogens with zero attached hydrogens (tertiary/aromatic N) is 3. The molecule has 0 bridgehead atoms. The molecular weight excluding hydrogens is 351 g/mol. The summed E-state index contributed by atoms with van der Waals surface area (Å²) in [7, 11) is 0. The summed E-state index contributed by atoms with van der Waals surface area (Å²) in [4.78, 5) is 16.8. The van der Waals surface area contributed by atoms with E-state index in [1.807, 2.05) is 6.07 Å². The summed E-state index contributed by atoms with van der Waals surface area (Å²) in [5.41, 5.74) is 1.89. The van der Waals surface area contributed by atoms with E-state index in [1.165, 1.54) is 6.33 Å². The molecule has 1 atom stereocenters. The van der Waals surface area contributed by atoms with Gasteiger partial charge in [-0.2, -0.15) is 10.1 Å². The van der Waals surface area contributed by atoms with E-state index < -0.39 is 12.0 Å². The summed E-state index contributed by atoms with van der Waals surface area (Å²) < 4.78 is 7.03. The molecule has 24 heavy (non-hydrogen) atoms. The minimum atomic E-state index is -0.496. The second-order valence-electron chi connectivity index (χ2n) is 5.72. The standard InChI is InChI=1S/C16H16Cl2N4O2/c1-8(2)24-15(23)13-9(3)21-16-19-7-20-22(16)14(13)10-4-5-11(17)12(18)6-10/h4-8,14H,1-3H3,(H,19,20,21)/t14-/m0/s1. The Morgan fingerprint density at radius 3 is 2.75 bits per heavy atom. The Hall–Kier alpha value is -2.05. The molecule has 0 fully saturated rings. The topological polar surface area (TPSA) is 69.0 Å². The van der Waals surface area contributed by atoms with E-state index in [2.05, 4.69) is 15.4 Å². The average molecular weight is 367 g/mol. The average Bonchev–Trinajstić information content (AvgIpc) is 2.95. The van der Waals surface area contributed by atoms with Crippen LogP contribution in [0.2, 0.25) is 10.0 Å². The number of nitrogens with one attached hydrogen (secondary N) is 1. The highest BCUT2D eigenvalue weighted by Gasteiger charge is 2.34. The Balaban J connectivity index is 2.14. The molecule has 6 nitrogen and oxygen atoms in total. The maximum atomic E-state index is 12.6. The fraction of sp³-hybridized carbons (Fsp3) is 0.312. The van der Waals surface area contributed by atoms with Gasteiger partial charge in [0.2, 0.25) is 5.95 Å². The van der Waals surface area contributed by atoms with Crippen LogP contribution in [-0.4, -0.2) is 26.8 Å². The van der Waals surface area contributed by atoms with E-state index in [9.17, 15) is 4.79 Å². The number of carbonyl (C=O) groups is 1. The summed E-state index contributed by atoms with van der Waals surface area (Å²) in [5.74, 6) is 0.136. The molecule has 0 unspecified atom stereocenters. The predicted octanol–water partition coefficient (Wildman–Crippen LogP) is 3.83. The predicted molar refractivity (Wildman–Crippen MR) is 92.2 cm³/mol. The van der Waals surface area contributed by atoms with Crippen LogP contribution in [0.15, 0.2) is 35.8 Å². The molecule has 3 rings (SSSR count). The summed E-state index contributed by atoms with van der Waals surface area (Å²) in [6, 6.07) is 4.73. The van der Waals surface area contributed by atoms with Crippen LogP contribution in [0.5, 0.6) is 0 Å². The van der Waals surface area contributed by atoms with Crippen LogP contribution in [-0.2, 0) is 9.53 Å². The Bertz CT molecular complexity index is 829. The van der Waals surface area contributed by atoms with Gasteiger partial charge in [-0.25, -0.2) is 9.48 Å². The van der Waals surface area contributed by atoms with Crippen molar-refractivity contribution in [1.82, 2.24) is 14.8 Å². The lowest BCUT2D eigenvalue weighted by Crippen LogP contribution is -2.30. The lowest BCUT2D eigenvalue weighted by Gasteiger charge is -2.28. The molecule has 0 saturated heterocycles. The minimum absolute atomic E-state index is 0.232. The molecule has 1 aliphatic heterocycles. The minimum Gasteiger partial charge on any atom is -0.459 e. The van der Waals surface area contributed by atoms with Crippen molar-refractivity contribution in [3.05, 3.63) is 51.4 Å². The summed E-state index contributed by atoms with van der Waals surface area (Å²) >= 11 is 12.2. The van der Waals surface area contributed by atoms with Crippen LogP contribution in [0, 0.1) is 0 Å². The SMILES string of the molecule is CC1=C(C(=O)OC(C)C)[C@H](c2ccc(Cl)c(Cl)c2)n2ncnc2N1. The fourth-order valence-electron chi connectivity index (χ4n) is 2.62. The van der Waals surface area contributed by atoms with E-state index in [1.54, 1.807) is 37.6 Å². The van der Waals surface area contributed by atoms with Gasteiger partial charge in [0.1, 0.15) is 12.4 Å². The van der Waals surface area contributed by atoms with Gasteiger partial charge in [0.15, 0.2) is 0 Å². The number of allylic oxidation sites excluding steroid dienone is 1. The zero-order valence-corrected chi connectivity index (χ0v) is 14.9. The van der Waals surface area contributed by atoms with Crippen molar-refractivity contribution < 1.29 is 9.53 Å². The first-order chi connectivity index (χ1) is 11.4. The van der Waals surface area contributed by atoms with Crippen molar-refractivity contribution in [2.45, 2.75) is 32.9 Å². The third kappa shape index (κ3) is 2.99. The van der Waals surface area contributed by atoms with E-state index >= 15 is 0 Å². The molecule has 1 N–H and O–H groups in total. The largest absolute Gasteiger partial charge is 0.459 e. The number of benzene rings is 1. The molecule has 1 aromatic carbocycles. The molecule has 1 aliphatic rings. The molecule has 0 amide bonds. The van der Waals surface area contributed by atoms with Crippen LogP contribution in [0.3, 0.4) is 0 Å². The maximum Gasteiger partial charge on any atom is 0.338 e. The van der Waals surface area contributed by atoms with Gasteiger partial charge in [0, 0.05) is 5.70 Å². The maximum absolute atomic E-state index is 12.6. The third-order valence-corrected chi connectivity index (χ3v) is 4.36. The number of anilines is 1. The number of carbonyl (C=O) groups excluding carboxylic acids is 1. The zero-order valence-electron chi connectivity index (χ0n) is 13.4. The summed E-state index contributed by atoms with van der Waals surface area (Å²) in [6.07, 6.45) is 1.20. The van der Waals surface area contributed by atoms with E-state index in [-0.39, 0.29) is 6.10 Å². The van der Waals surface area contributed by atoms with E-state index in [0.717, 1.165) is 5.56 Å². The van der Waals surface area contributed by atoms with E-state index in [4.69, 9.17) is 27.9 Å². The van der Waals surface area contributed by atoms with Gasteiger partial charge in [-0.1, -0.05) is 29.3 Å². The number of esters is 1. The summed E-state index contributed by atoms with van der Waals surface area (Å²) in [6.45, 7) is 5.41. The van der Waals surface area contributed by atoms with Gasteiger partial charge in [-0.15, -0.1) is 0 Å². The van der Waals surface area contributed by atoms with Gasteiger partial charge < -0.3 is 10.1 Å². The Labute approximate surface area is 149 Å². The molecule has 0 radical (unpaired) electrons. The lowest BCUT2D eigenvalue weighted by atomic mass is 9.96. The van der Waals surface area contributed by atoms with Crippen molar-refractivity contribution in [2.24, 2.45) is 0 Å². The van der Waals surface area contributed by atoms with Gasteiger partial charge in [-0.05, 0) is 38.5 Å². The number of halogens is 2. The monoisotopic (exact) mass is 366 g/mol. The Kier molecular flexibility index (Phi) is 4.51. The number of ether oxygens (including phenoxy) is 1. The van der Waals surface area contributed by atoms with Crippen LogP contribution in [0.25, 0.3) is 0 Å². The highest BCUT2D eigenvalue weighted by Crippen LogP contribution is 2.37. The van der Waals surface area contributed by atoms with Gasteiger partial charge in [0.25, 0.3) is 0 Å². The normalized spacial score (nSPS) is 16.8. The Morgan fingerprint density at radius 1 is 1.33 bits per heavy atom. The molecule has 0 saturated carbocycles. The molecule has 126 valence electrons. The molecule has 8 heteroatoms. The van der Waals surface area contributed by atoms with Gasteiger partial charge in [-0.3, -0.25) is 0 Å². The van der Waals surface area contributed by atoms with Crippen molar-refractivity contribution >= 4 is 35.1 Å². The van der Waals surface area contributed by atoms with Gasteiger partial charge in [0.05, 0.1) is 21.7 Å². The number of aromatic nitrogens is 3. The molecule has 2 heterocycles. The fourth-order valence-corrected chi connectivity index (χ4v) is 2.93. The van der Waals surface area contributed by atoms with Crippen LogP contribution in [0.1, 0.15) is 32.4 Å². The Morgan fingerprint density at radius 2 is 2.08 bits per heavy atom. The number of rotatable bonds is 3. The second kappa shape index (κ2) is 6.45. The number of fused-ring (bicyclic) bond motifs is 1. The third-order valence-electron chi connectivity index (χ3n) is 3.62. The molecule has 0 aliphatic carbocycles. The van der Waals surface area contributed by atoms with Crippen molar-refractivity contribution in [1.29, 1.82) is 0 Å². The first-order valence-electron chi connectivity index (χ1n) is 7.41. The lowest BCUT2D eigenvalue weighted by molar-refractivity contribution is -0.143. The van der Waals surface area contributed by atoms with Crippen LogP contribution < -0.4 is 5.32 Å².